The van der Waals surface area contributed by atoms with E-state index in [0.717, 1.165) is 0 Å². The van der Waals surface area contributed by atoms with Gasteiger partial charge < -0.3 is 10.8 Å². The Hall–Kier alpha value is -0.450. The predicted molar refractivity (Wildman–Crippen MR) is 66.5 cm³/mol. The normalized spacial score (nSPS) is 15.9. The average molecular weight is 290 g/mol. The topological polar surface area (TPSA) is 46.2 Å². The summed E-state index contributed by atoms with van der Waals surface area (Å²) in [6.07, 6.45) is -0.795. The molecule has 16 heavy (non-hydrogen) atoms. The van der Waals surface area contributed by atoms with Crippen LogP contribution >= 0.6 is 15.9 Å². The van der Waals surface area contributed by atoms with Gasteiger partial charge in [-0.3, -0.25) is 0 Å². The second kappa shape index (κ2) is 4.82. The molecule has 0 fully saturated rings. The van der Waals surface area contributed by atoms with Crippen LogP contribution in [0.3, 0.4) is 0 Å². The monoisotopic (exact) mass is 289 g/mol. The van der Waals surface area contributed by atoms with Crippen LogP contribution < -0.4 is 5.73 Å². The molecule has 3 N–H and O–H groups in total. The van der Waals surface area contributed by atoms with Gasteiger partial charge in [0.25, 0.3) is 0 Å². The molecule has 90 valence electrons. The summed E-state index contributed by atoms with van der Waals surface area (Å²) in [5.74, 6) is -0.404. The maximum Gasteiger partial charge on any atom is 0.142 e. The second-order valence-corrected chi connectivity index (χ2v) is 5.83. The van der Waals surface area contributed by atoms with Crippen LogP contribution in [0.15, 0.2) is 22.7 Å². The van der Waals surface area contributed by atoms with Gasteiger partial charge in [0.15, 0.2) is 0 Å². The quantitative estimate of drug-likeness (QED) is 0.879. The minimum atomic E-state index is -0.795. The van der Waals surface area contributed by atoms with Crippen LogP contribution in [0.25, 0.3) is 0 Å². The summed E-state index contributed by atoms with van der Waals surface area (Å²) in [7, 11) is 0. The van der Waals surface area contributed by atoms with Gasteiger partial charge in [-0.2, -0.15) is 0 Å². The van der Waals surface area contributed by atoms with Gasteiger partial charge in [-0.05, 0) is 27.4 Å². The number of hydrogen-bond acceptors (Lipinski definition) is 2. The minimum absolute atomic E-state index is 0.330. The average Bonchev–Trinajstić information content (AvgIpc) is 2.18. The van der Waals surface area contributed by atoms with Crippen molar-refractivity contribution in [2.75, 3.05) is 0 Å². The number of rotatable bonds is 2. The minimum Gasteiger partial charge on any atom is -0.391 e. The lowest BCUT2D eigenvalue weighted by atomic mass is 9.82. The first-order valence-electron chi connectivity index (χ1n) is 5.12. The molecule has 0 unspecified atom stereocenters. The molecule has 0 spiro atoms. The Bertz CT molecular complexity index is 376. The van der Waals surface area contributed by atoms with E-state index < -0.39 is 18.0 Å². The van der Waals surface area contributed by atoms with Crippen molar-refractivity contribution in [2.24, 2.45) is 11.1 Å². The molecule has 0 saturated heterocycles. The van der Waals surface area contributed by atoms with E-state index in [1.54, 1.807) is 18.2 Å². The van der Waals surface area contributed by atoms with Crippen molar-refractivity contribution in [1.29, 1.82) is 0 Å². The summed E-state index contributed by atoms with van der Waals surface area (Å²) < 4.78 is 14.1. The number of halogens is 2. The molecular weight excluding hydrogens is 273 g/mol. The molecule has 0 aliphatic heterocycles. The Morgan fingerprint density at radius 3 is 2.44 bits per heavy atom. The molecule has 0 amide bonds. The number of hydrogen-bond donors (Lipinski definition) is 2. The van der Waals surface area contributed by atoms with E-state index in [-0.39, 0.29) is 5.41 Å². The van der Waals surface area contributed by atoms with E-state index >= 15 is 0 Å². The fraction of sp³-hybridized carbons (Fsp3) is 0.500. The molecule has 2 atom stereocenters. The third-order valence-corrected chi connectivity index (χ3v) is 3.18. The number of nitrogens with two attached hydrogens (primary N) is 1. The standard InChI is InChI=1S/C12H17BrFNO/c1-12(2,3)11(16)10(15)7-5-4-6-8(13)9(7)14/h4-6,10-11,16H,15H2,1-3H3/t10-,11-/m0/s1. The molecule has 1 aromatic rings. The van der Waals surface area contributed by atoms with E-state index in [9.17, 15) is 9.50 Å². The summed E-state index contributed by atoms with van der Waals surface area (Å²) in [5, 5.41) is 10.0. The van der Waals surface area contributed by atoms with Crippen LogP contribution in [-0.4, -0.2) is 11.2 Å². The third-order valence-electron chi connectivity index (χ3n) is 2.57. The molecule has 0 radical (unpaired) electrons. The molecule has 0 heterocycles. The lowest BCUT2D eigenvalue weighted by Crippen LogP contribution is -2.37. The van der Waals surface area contributed by atoms with Crippen molar-refractivity contribution in [2.45, 2.75) is 32.9 Å². The molecule has 0 saturated carbocycles. The lowest BCUT2D eigenvalue weighted by molar-refractivity contribution is 0.0391. The van der Waals surface area contributed by atoms with Crippen LogP contribution in [0.5, 0.6) is 0 Å². The first-order valence-corrected chi connectivity index (χ1v) is 5.92. The first kappa shape index (κ1) is 13.6. The zero-order valence-electron chi connectivity index (χ0n) is 9.67. The van der Waals surface area contributed by atoms with Gasteiger partial charge in [0, 0.05) is 5.56 Å². The van der Waals surface area contributed by atoms with Crippen molar-refractivity contribution in [3.05, 3.63) is 34.1 Å². The Kier molecular flexibility index (Phi) is 4.10. The molecule has 0 aliphatic rings. The highest BCUT2D eigenvalue weighted by Crippen LogP contribution is 2.31. The number of aliphatic hydroxyl groups excluding tert-OH is 1. The fourth-order valence-corrected chi connectivity index (χ4v) is 1.87. The van der Waals surface area contributed by atoms with Crippen LogP contribution in [-0.2, 0) is 0 Å². The number of benzene rings is 1. The van der Waals surface area contributed by atoms with E-state index in [4.69, 9.17) is 5.73 Å². The van der Waals surface area contributed by atoms with Gasteiger partial charge >= 0.3 is 0 Å². The van der Waals surface area contributed by atoms with Crippen LogP contribution in [0, 0.1) is 11.2 Å². The van der Waals surface area contributed by atoms with Gasteiger partial charge in [-0.15, -0.1) is 0 Å². The smallest absolute Gasteiger partial charge is 0.142 e. The summed E-state index contributed by atoms with van der Waals surface area (Å²) >= 11 is 3.10. The Morgan fingerprint density at radius 2 is 1.94 bits per heavy atom. The molecule has 0 aromatic heterocycles. The Morgan fingerprint density at radius 1 is 1.38 bits per heavy atom. The zero-order valence-corrected chi connectivity index (χ0v) is 11.3. The summed E-state index contributed by atoms with van der Waals surface area (Å²) in [6, 6.07) is 4.18. The van der Waals surface area contributed by atoms with E-state index in [1.807, 2.05) is 20.8 Å². The highest BCUT2D eigenvalue weighted by atomic mass is 79.9. The lowest BCUT2D eigenvalue weighted by Gasteiger charge is -2.31. The van der Waals surface area contributed by atoms with Crippen molar-refractivity contribution < 1.29 is 9.50 Å². The van der Waals surface area contributed by atoms with E-state index in [1.165, 1.54) is 0 Å². The molecule has 1 aromatic carbocycles. The SMILES string of the molecule is CC(C)(C)[C@@H](O)[C@@H](N)c1cccc(Br)c1F. The number of aliphatic hydroxyl groups is 1. The third kappa shape index (κ3) is 2.81. The summed E-state index contributed by atoms with van der Waals surface area (Å²) in [6.45, 7) is 5.61. The van der Waals surface area contributed by atoms with Gasteiger partial charge in [0.2, 0.25) is 0 Å². The van der Waals surface area contributed by atoms with Gasteiger partial charge in [-0.1, -0.05) is 32.9 Å². The van der Waals surface area contributed by atoms with Crippen LogP contribution in [0.2, 0.25) is 0 Å². The van der Waals surface area contributed by atoms with E-state index in [2.05, 4.69) is 15.9 Å². The van der Waals surface area contributed by atoms with Gasteiger partial charge in [0.1, 0.15) is 5.82 Å². The molecular formula is C12H17BrFNO. The van der Waals surface area contributed by atoms with Crippen molar-refractivity contribution in [3.63, 3.8) is 0 Å². The largest absolute Gasteiger partial charge is 0.391 e. The molecule has 0 bridgehead atoms. The van der Waals surface area contributed by atoms with Crippen molar-refractivity contribution in [1.82, 2.24) is 0 Å². The summed E-state index contributed by atoms with van der Waals surface area (Å²) in [5.41, 5.74) is 5.83. The van der Waals surface area contributed by atoms with Crippen molar-refractivity contribution in [3.8, 4) is 0 Å². The van der Waals surface area contributed by atoms with Crippen molar-refractivity contribution >= 4 is 15.9 Å². The predicted octanol–water partition coefficient (Wildman–Crippen LogP) is 3.00. The molecule has 4 heteroatoms. The highest BCUT2D eigenvalue weighted by molar-refractivity contribution is 9.10. The van der Waals surface area contributed by atoms with Gasteiger partial charge in [-0.25, -0.2) is 4.39 Å². The first-order chi connectivity index (χ1) is 7.25. The maximum atomic E-state index is 13.8. The Labute approximate surface area is 104 Å². The highest BCUT2D eigenvalue weighted by Gasteiger charge is 2.30. The van der Waals surface area contributed by atoms with Gasteiger partial charge in [0.05, 0.1) is 16.6 Å². The second-order valence-electron chi connectivity index (χ2n) is 4.98. The molecule has 0 aliphatic carbocycles. The van der Waals surface area contributed by atoms with E-state index in [0.29, 0.717) is 10.0 Å². The fourth-order valence-electron chi connectivity index (χ4n) is 1.49. The zero-order chi connectivity index (χ0) is 12.5. The van der Waals surface area contributed by atoms with Crippen LogP contribution in [0.4, 0.5) is 4.39 Å². The van der Waals surface area contributed by atoms with Crippen LogP contribution in [0.1, 0.15) is 32.4 Å². The maximum absolute atomic E-state index is 13.8. The Balaban J connectivity index is 3.06. The molecule has 1 rings (SSSR count). The summed E-state index contributed by atoms with van der Waals surface area (Å²) in [4.78, 5) is 0. The molecule has 2 nitrogen and oxygen atoms in total.